The van der Waals surface area contributed by atoms with Crippen LogP contribution >= 0.6 is 0 Å². The van der Waals surface area contributed by atoms with E-state index in [1.165, 1.54) is 5.69 Å². The number of benzene rings is 1. The summed E-state index contributed by atoms with van der Waals surface area (Å²) in [6.45, 7) is 5.82. The van der Waals surface area contributed by atoms with Crippen LogP contribution in [0.2, 0.25) is 0 Å². The van der Waals surface area contributed by atoms with E-state index in [-0.39, 0.29) is 0 Å². The summed E-state index contributed by atoms with van der Waals surface area (Å²) in [7, 11) is 0. The van der Waals surface area contributed by atoms with Crippen LogP contribution in [0, 0.1) is 6.92 Å². The summed E-state index contributed by atoms with van der Waals surface area (Å²) < 4.78 is 0. The van der Waals surface area contributed by atoms with Crippen LogP contribution in [0.5, 0.6) is 0 Å². The number of aromatic nitrogens is 2. The maximum atomic E-state index is 5.46. The molecule has 0 aliphatic carbocycles. The van der Waals surface area contributed by atoms with Gasteiger partial charge in [0.1, 0.15) is 11.6 Å². The molecular formula is C16H23N5. The highest BCUT2D eigenvalue weighted by Crippen LogP contribution is 2.17. The van der Waals surface area contributed by atoms with Crippen LogP contribution in [-0.4, -0.2) is 16.5 Å². The molecule has 21 heavy (non-hydrogen) atoms. The molecule has 0 atom stereocenters. The second kappa shape index (κ2) is 7.59. The molecule has 0 aliphatic heterocycles. The molecule has 112 valence electrons. The third-order valence-corrected chi connectivity index (χ3v) is 3.28. The first-order chi connectivity index (χ1) is 10.2. The number of para-hydroxylation sites is 1. The van der Waals surface area contributed by atoms with Gasteiger partial charge in [0, 0.05) is 24.0 Å². The number of nitrogens with two attached hydrogens (primary N) is 1. The van der Waals surface area contributed by atoms with Gasteiger partial charge >= 0.3 is 0 Å². The number of nitrogens with one attached hydrogen (secondary N) is 1. The Kier molecular flexibility index (Phi) is 5.51. The van der Waals surface area contributed by atoms with Gasteiger partial charge in [0.05, 0.1) is 6.54 Å². The van der Waals surface area contributed by atoms with Crippen molar-refractivity contribution in [2.75, 3.05) is 16.9 Å². The predicted octanol–water partition coefficient (Wildman–Crippen LogP) is 2.88. The number of nitrogens with zero attached hydrogens (tertiary/aromatic N) is 3. The first kappa shape index (κ1) is 15.3. The normalized spacial score (nSPS) is 10.4. The lowest BCUT2D eigenvalue weighted by molar-refractivity contribution is 0.695. The van der Waals surface area contributed by atoms with Crippen molar-refractivity contribution in [1.29, 1.82) is 0 Å². The topological polar surface area (TPSA) is 67.1 Å². The van der Waals surface area contributed by atoms with Gasteiger partial charge < -0.3 is 10.3 Å². The Labute approximate surface area is 126 Å². The molecule has 0 amide bonds. The third-order valence-electron chi connectivity index (χ3n) is 3.28. The summed E-state index contributed by atoms with van der Waals surface area (Å²) >= 11 is 0. The van der Waals surface area contributed by atoms with E-state index < -0.39 is 0 Å². The molecule has 0 bridgehead atoms. The average molecular weight is 285 g/mol. The van der Waals surface area contributed by atoms with Crippen molar-refractivity contribution in [1.82, 2.24) is 9.97 Å². The molecular weight excluding hydrogens is 262 g/mol. The zero-order valence-corrected chi connectivity index (χ0v) is 12.7. The quantitative estimate of drug-likeness (QED) is 0.605. The summed E-state index contributed by atoms with van der Waals surface area (Å²) in [4.78, 5) is 11.2. The van der Waals surface area contributed by atoms with Gasteiger partial charge in [0.2, 0.25) is 0 Å². The van der Waals surface area contributed by atoms with Crippen LogP contribution < -0.4 is 16.2 Å². The standard InChI is InChI=1S/C16H23N5/c1-3-4-10-21(14-8-6-5-7-9-14)12-16-18-13(2)11-15(19-16)20-17/h5-9,11H,3-4,10,12,17H2,1-2H3,(H,18,19,20). The number of rotatable bonds is 7. The number of hydrazine groups is 1. The lowest BCUT2D eigenvalue weighted by Gasteiger charge is -2.24. The van der Waals surface area contributed by atoms with E-state index in [0.29, 0.717) is 12.4 Å². The zero-order chi connectivity index (χ0) is 15.1. The molecule has 5 nitrogen and oxygen atoms in total. The van der Waals surface area contributed by atoms with Crippen molar-refractivity contribution in [2.45, 2.75) is 33.2 Å². The number of hydrogen-bond acceptors (Lipinski definition) is 5. The third kappa shape index (κ3) is 4.43. The Morgan fingerprint density at radius 2 is 1.95 bits per heavy atom. The summed E-state index contributed by atoms with van der Waals surface area (Å²) in [6, 6.07) is 12.2. The Balaban J connectivity index is 2.20. The molecule has 1 aromatic heterocycles. The molecule has 0 fully saturated rings. The smallest absolute Gasteiger partial charge is 0.150 e. The first-order valence-corrected chi connectivity index (χ1v) is 7.34. The highest BCUT2D eigenvalue weighted by atomic mass is 15.3. The highest BCUT2D eigenvalue weighted by molar-refractivity contribution is 5.46. The Morgan fingerprint density at radius 3 is 2.62 bits per heavy atom. The van der Waals surface area contributed by atoms with Gasteiger partial charge in [-0.25, -0.2) is 15.8 Å². The van der Waals surface area contributed by atoms with Gasteiger partial charge in [0.15, 0.2) is 0 Å². The minimum atomic E-state index is 0.654. The number of aryl methyl sites for hydroxylation is 1. The average Bonchev–Trinajstić information content (AvgIpc) is 2.51. The second-order valence-electron chi connectivity index (χ2n) is 5.07. The van der Waals surface area contributed by atoms with E-state index >= 15 is 0 Å². The monoisotopic (exact) mass is 285 g/mol. The largest absolute Gasteiger partial charge is 0.364 e. The Bertz CT molecular complexity index is 556. The van der Waals surface area contributed by atoms with Crippen molar-refractivity contribution < 1.29 is 0 Å². The van der Waals surface area contributed by atoms with Gasteiger partial charge in [-0.05, 0) is 25.5 Å². The minimum absolute atomic E-state index is 0.654. The first-order valence-electron chi connectivity index (χ1n) is 7.34. The van der Waals surface area contributed by atoms with Gasteiger partial charge in [-0.1, -0.05) is 31.5 Å². The molecule has 0 saturated carbocycles. The second-order valence-corrected chi connectivity index (χ2v) is 5.07. The van der Waals surface area contributed by atoms with Crippen LogP contribution in [0.3, 0.4) is 0 Å². The molecule has 1 aromatic carbocycles. The van der Waals surface area contributed by atoms with Gasteiger partial charge in [-0.2, -0.15) is 0 Å². The zero-order valence-electron chi connectivity index (χ0n) is 12.7. The van der Waals surface area contributed by atoms with E-state index in [1.807, 2.05) is 19.1 Å². The van der Waals surface area contributed by atoms with Crippen molar-refractivity contribution >= 4 is 11.5 Å². The molecule has 1 heterocycles. The van der Waals surface area contributed by atoms with Crippen LogP contribution in [0.1, 0.15) is 31.3 Å². The van der Waals surface area contributed by atoms with E-state index in [0.717, 1.165) is 30.9 Å². The highest BCUT2D eigenvalue weighted by Gasteiger charge is 2.10. The summed E-state index contributed by atoms with van der Waals surface area (Å²) in [5.74, 6) is 6.89. The predicted molar refractivity (Wildman–Crippen MR) is 87.0 cm³/mol. The fourth-order valence-electron chi connectivity index (χ4n) is 2.23. The van der Waals surface area contributed by atoms with E-state index in [9.17, 15) is 0 Å². The van der Waals surface area contributed by atoms with Crippen molar-refractivity contribution in [3.63, 3.8) is 0 Å². The van der Waals surface area contributed by atoms with Crippen molar-refractivity contribution in [3.05, 3.63) is 47.9 Å². The molecule has 2 rings (SSSR count). The molecule has 0 spiro atoms. The van der Waals surface area contributed by atoms with Gasteiger partial charge in [-0.15, -0.1) is 0 Å². The maximum Gasteiger partial charge on any atom is 0.150 e. The molecule has 0 aliphatic rings. The van der Waals surface area contributed by atoms with Crippen molar-refractivity contribution in [2.24, 2.45) is 5.84 Å². The fourth-order valence-corrected chi connectivity index (χ4v) is 2.23. The molecule has 3 N–H and O–H groups in total. The van der Waals surface area contributed by atoms with E-state index in [1.54, 1.807) is 0 Å². The fraction of sp³-hybridized carbons (Fsp3) is 0.375. The summed E-state index contributed by atoms with van der Waals surface area (Å²) in [6.07, 6.45) is 2.30. The van der Waals surface area contributed by atoms with Gasteiger partial charge in [-0.3, -0.25) is 0 Å². The van der Waals surface area contributed by atoms with E-state index in [4.69, 9.17) is 5.84 Å². The summed E-state index contributed by atoms with van der Waals surface area (Å²) in [5.41, 5.74) is 4.70. The molecule has 0 radical (unpaired) electrons. The number of anilines is 2. The van der Waals surface area contributed by atoms with E-state index in [2.05, 4.69) is 51.5 Å². The van der Waals surface area contributed by atoms with Crippen LogP contribution in [0.15, 0.2) is 36.4 Å². The Morgan fingerprint density at radius 1 is 1.19 bits per heavy atom. The Hall–Kier alpha value is -2.14. The maximum absolute atomic E-state index is 5.46. The van der Waals surface area contributed by atoms with Crippen LogP contribution in [0.4, 0.5) is 11.5 Å². The SMILES string of the molecule is CCCCN(Cc1nc(C)cc(NN)n1)c1ccccc1. The summed E-state index contributed by atoms with van der Waals surface area (Å²) in [5, 5.41) is 0. The lowest BCUT2D eigenvalue weighted by atomic mass is 10.2. The molecule has 0 unspecified atom stereocenters. The number of nitrogen functional groups attached to an aromatic ring is 1. The lowest BCUT2D eigenvalue weighted by Crippen LogP contribution is -2.25. The molecule has 2 aromatic rings. The number of unbranched alkanes of at least 4 members (excludes halogenated alkanes) is 1. The van der Waals surface area contributed by atoms with Gasteiger partial charge in [0.25, 0.3) is 0 Å². The van der Waals surface area contributed by atoms with Crippen LogP contribution in [-0.2, 0) is 6.54 Å². The molecule has 0 saturated heterocycles. The number of hydrogen-bond donors (Lipinski definition) is 2. The molecule has 5 heteroatoms. The van der Waals surface area contributed by atoms with Crippen LogP contribution in [0.25, 0.3) is 0 Å². The van der Waals surface area contributed by atoms with Crippen molar-refractivity contribution in [3.8, 4) is 0 Å². The minimum Gasteiger partial charge on any atom is -0.364 e.